The van der Waals surface area contributed by atoms with E-state index >= 15 is 0 Å². The number of hydrogen-bond donors (Lipinski definition) is 2. The van der Waals surface area contributed by atoms with Crippen LogP contribution in [0, 0.1) is 11.8 Å². The maximum Gasteiger partial charge on any atom is 0.262 e. The molecule has 1 fully saturated rings. The average molecular weight is 467 g/mol. The fraction of sp³-hybridized carbons (Fsp3) is 0.385. The minimum absolute atomic E-state index is 0.0883. The Hall–Kier alpha value is -2.93. The van der Waals surface area contributed by atoms with Crippen LogP contribution < -0.4 is 20.1 Å². The number of anilines is 1. The summed E-state index contributed by atoms with van der Waals surface area (Å²) in [5.74, 6) is 2.02. The highest BCUT2D eigenvalue weighted by molar-refractivity contribution is 8.04. The van der Waals surface area contributed by atoms with Crippen molar-refractivity contribution in [1.29, 1.82) is 0 Å². The number of fused-ring (bicyclic) bond motifs is 1. The summed E-state index contributed by atoms with van der Waals surface area (Å²) in [5.41, 5.74) is 2.06. The molecule has 2 amide bonds. The third-order valence-electron chi connectivity index (χ3n) is 6.66. The molecule has 0 bridgehead atoms. The highest BCUT2D eigenvalue weighted by atomic mass is 32.2. The molecule has 4 rings (SSSR count). The summed E-state index contributed by atoms with van der Waals surface area (Å²) in [6.07, 6.45) is 5.19. The topological polar surface area (TPSA) is 76.7 Å². The van der Waals surface area contributed by atoms with Crippen LogP contribution in [-0.2, 0) is 4.79 Å². The highest BCUT2D eigenvalue weighted by Gasteiger charge is 2.29. The van der Waals surface area contributed by atoms with Crippen molar-refractivity contribution < 1.29 is 19.1 Å². The quantitative estimate of drug-likeness (QED) is 0.582. The van der Waals surface area contributed by atoms with Gasteiger partial charge in [0.1, 0.15) is 0 Å². The Balaban J connectivity index is 1.50. The summed E-state index contributed by atoms with van der Waals surface area (Å²) in [6, 6.07) is 11.2. The molecule has 2 aromatic rings. The van der Waals surface area contributed by atoms with Crippen LogP contribution >= 0.6 is 11.8 Å². The van der Waals surface area contributed by atoms with E-state index in [0.717, 1.165) is 23.3 Å². The molecule has 0 spiro atoms. The fourth-order valence-electron chi connectivity index (χ4n) is 4.43. The first-order chi connectivity index (χ1) is 15.9. The van der Waals surface area contributed by atoms with Crippen LogP contribution in [0.5, 0.6) is 11.5 Å². The van der Waals surface area contributed by atoms with Gasteiger partial charge < -0.3 is 20.1 Å². The van der Waals surface area contributed by atoms with Gasteiger partial charge in [-0.3, -0.25) is 9.59 Å². The monoisotopic (exact) mass is 466 g/mol. The number of amides is 2. The van der Waals surface area contributed by atoms with Crippen molar-refractivity contribution in [3.63, 3.8) is 0 Å². The number of hydrogen-bond acceptors (Lipinski definition) is 5. The van der Waals surface area contributed by atoms with Gasteiger partial charge in [-0.25, -0.2) is 0 Å². The molecule has 2 aliphatic rings. The Bertz CT molecular complexity index is 1100. The van der Waals surface area contributed by atoms with Crippen molar-refractivity contribution in [2.24, 2.45) is 11.8 Å². The molecule has 6 nitrogen and oxygen atoms in total. The molecule has 7 heteroatoms. The first-order valence-electron chi connectivity index (χ1n) is 11.3. The maximum atomic E-state index is 12.9. The smallest absolute Gasteiger partial charge is 0.262 e. The maximum absolute atomic E-state index is 12.9. The number of rotatable bonds is 5. The van der Waals surface area contributed by atoms with Crippen LogP contribution in [0.2, 0.25) is 0 Å². The lowest BCUT2D eigenvalue weighted by Crippen LogP contribution is -2.43. The highest BCUT2D eigenvalue weighted by Crippen LogP contribution is 2.40. The lowest BCUT2D eigenvalue weighted by atomic mass is 9.78. The summed E-state index contributed by atoms with van der Waals surface area (Å²) in [5, 5.41) is 6.14. The molecule has 0 unspecified atom stereocenters. The van der Waals surface area contributed by atoms with Crippen LogP contribution in [0.1, 0.15) is 49.0 Å². The first-order valence-corrected chi connectivity index (χ1v) is 12.1. The average Bonchev–Trinajstić information content (AvgIpc) is 2.82. The predicted octanol–water partition coefficient (Wildman–Crippen LogP) is 5.34. The molecule has 0 saturated heterocycles. The van der Waals surface area contributed by atoms with E-state index in [2.05, 4.69) is 24.5 Å². The fourth-order valence-corrected chi connectivity index (χ4v) is 5.36. The molecule has 3 atom stereocenters. The number of methoxy groups -OCH3 is 2. The lowest BCUT2D eigenvalue weighted by Gasteiger charge is -2.34. The van der Waals surface area contributed by atoms with Crippen molar-refractivity contribution >= 4 is 35.3 Å². The van der Waals surface area contributed by atoms with Crippen LogP contribution in [0.25, 0.3) is 6.08 Å². The van der Waals surface area contributed by atoms with Crippen molar-refractivity contribution in [2.45, 2.75) is 44.0 Å². The first kappa shape index (κ1) is 23.2. The van der Waals surface area contributed by atoms with E-state index < -0.39 is 0 Å². The summed E-state index contributed by atoms with van der Waals surface area (Å²) in [6.45, 7) is 4.46. The van der Waals surface area contributed by atoms with Crippen LogP contribution in [0.3, 0.4) is 0 Å². The largest absolute Gasteiger partial charge is 0.493 e. The summed E-state index contributed by atoms with van der Waals surface area (Å²) >= 11 is 1.39. The zero-order valence-corrected chi connectivity index (χ0v) is 20.3. The molecule has 0 aromatic heterocycles. The van der Waals surface area contributed by atoms with Crippen LogP contribution in [0.15, 0.2) is 46.2 Å². The number of carbonyl (C=O) groups excluding carboxylic acids is 2. The van der Waals surface area contributed by atoms with E-state index in [0.29, 0.717) is 39.5 Å². The zero-order valence-electron chi connectivity index (χ0n) is 19.4. The van der Waals surface area contributed by atoms with E-state index in [1.165, 1.54) is 18.2 Å². The Kier molecular flexibility index (Phi) is 6.98. The van der Waals surface area contributed by atoms with Crippen molar-refractivity contribution in [3.8, 4) is 11.5 Å². The SMILES string of the molecule is COc1ccc(/C=C2/Sc3ccc(C(=O)N[C@@H]4CCC[C@@H](C)[C@H]4C)cc3NC2=O)cc1OC. The van der Waals surface area contributed by atoms with E-state index in [-0.39, 0.29) is 17.9 Å². The predicted molar refractivity (Wildman–Crippen MR) is 132 cm³/mol. The van der Waals surface area contributed by atoms with E-state index in [9.17, 15) is 9.59 Å². The van der Waals surface area contributed by atoms with Gasteiger partial charge in [-0.15, -0.1) is 0 Å². The van der Waals surface area contributed by atoms with Crippen molar-refractivity contribution in [3.05, 3.63) is 52.4 Å². The minimum Gasteiger partial charge on any atom is -0.493 e. The molecule has 2 aromatic carbocycles. The van der Waals surface area contributed by atoms with Gasteiger partial charge in [0.2, 0.25) is 0 Å². The molecule has 2 N–H and O–H groups in total. The van der Waals surface area contributed by atoms with Crippen molar-refractivity contribution in [1.82, 2.24) is 5.32 Å². The summed E-state index contributed by atoms with van der Waals surface area (Å²) in [7, 11) is 3.17. The van der Waals surface area contributed by atoms with E-state index in [4.69, 9.17) is 9.47 Å². The normalized spacial score (nSPS) is 23.5. The van der Waals surface area contributed by atoms with Gasteiger partial charge in [0.05, 0.1) is 24.8 Å². The molecule has 0 radical (unpaired) electrons. The number of benzene rings is 2. The molecule has 1 saturated carbocycles. The molecular weight excluding hydrogens is 436 g/mol. The standard InChI is InChI=1S/C26H30N2O4S/c1-15-6-5-7-19(16(15)2)27-25(29)18-9-11-23-20(14-18)28-26(30)24(33-23)13-17-8-10-21(31-3)22(12-17)32-4/h8-16,19H,5-7H2,1-4H3,(H,27,29)(H,28,30)/b24-13+/t15-,16-,19-/m1/s1. The van der Waals surface area contributed by atoms with E-state index in [1.54, 1.807) is 20.3 Å². The third-order valence-corrected chi connectivity index (χ3v) is 7.76. The van der Waals surface area contributed by atoms with Crippen molar-refractivity contribution in [2.75, 3.05) is 19.5 Å². The molecule has 1 heterocycles. The Morgan fingerprint density at radius 3 is 2.64 bits per heavy atom. The Morgan fingerprint density at radius 2 is 1.88 bits per heavy atom. The van der Waals surface area contributed by atoms with Gasteiger partial charge in [0.25, 0.3) is 11.8 Å². The van der Waals surface area contributed by atoms with Crippen LogP contribution in [0.4, 0.5) is 5.69 Å². The van der Waals surface area contributed by atoms with Gasteiger partial charge >= 0.3 is 0 Å². The Morgan fingerprint density at radius 1 is 1.09 bits per heavy atom. The molecular formula is C26H30N2O4S. The van der Waals surface area contributed by atoms with E-state index in [1.807, 2.05) is 36.4 Å². The Labute approximate surface area is 199 Å². The molecule has 33 heavy (non-hydrogen) atoms. The van der Waals surface area contributed by atoms with Gasteiger partial charge in [-0.2, -0.15) is 0 Å². The third kappa shape index (κ3) is 5.03. The number of carbonyl (C=O) groups is 2. The number of nitrogens with one attached hydrogen (secondary N) is 2. The second-order valence-corrected chi connectivity index (χ2v) is 9.82. The molecule has 1 aliphatic heterocycles. The number of thioether (sulfide) groups is 1. The molecule has 174 valence electrons. The van der Waals surface area contributed by atoms with Crippen LogP contribution in [-0.4, -0.2) is 32.1 Å². The number of ether oxygens (including phenoxy) is 2. The van der Waals surface area contributed by atoms with Gasteiger partial charge in [-0.05, 0) is 60.2 Å². The molecule has 1 aliphatic carbocycles. The summed E-state index contributed by atoms with van der Waals surface area (Å²) < 4.78 is 10.6. The van der Waals surface area contributed by atoms with Gasteiger partial charge in [0, 0.05) is 16.5 Å². The summed E-state index contributed by atoms with van der Waals surface area (Å²) in [4.78, 5) is 27.1. The van der Waals surface area contributed by atoms with Gasteiger partial charge in [-0.1, -0.05) is 44.5 Å². The second kappa shape index (κ2) is 9.91. The lowest BCUT2D eigenvalue weighted by molar-refractivity contribution is -0.112. The second-order valence-electron chi connectivity index (χ2n) is 8.74. The zero-order chi connectivity index (χ0) is 23.5. The van der Waals surface area contributed by atoms with Gasteiger partial charge in [0.15, 0.2) is 11.5 Å². The minimum atomic E-state index is -0.199.